The van der Waals surface area contributed by atoms with Gasteiger partial charge >= 0.3 is 12.0 Å². The van der Waals surface area contributed by atoms with Crippen molar-refractivity contribution in [3.05, 3.63) is 30.1 Å². The topological polar surface area (TPSA) is 91.3 Å². The van der Waals surface area contributed by atoms with E-state index in [1.165, 1.54) is 0 Å². The lowest BCUT2D eigenvalue weighted by atomic mass is 9.94. The van der Waals surface area contributed by atoms with Gasteiger partial charge in [0.05, 0.1) is 5.41 Å². The van der Waals surface area contributed by atoms with E-state index in [4.69, 9.17) is 5.11 Å². The number of carboxylic acid groups (broad SMARTS) is 1. The molecule has 0 aromatic carbocycles. The average molecular weight is 265 g/mol. The van der Waals surface area contributed by atoms with E-state index in [9.17, 15) is 9.59 Å². The van der Waals surface area contributed by atoms with Gasteiger partial charge in [-0.1, -0.05) is 0 Å². The molecular weight excluding hydrogens is 246 g/mol. The number of nitrogens with zero attached hydrogens (tertiary/aromatic N) is 1. The number of rotatable bonds is 6. The van der Waals surface area contributed by atoms with Gasteiger partial charge in [0.1, 0.15) is 0 Å². The zero-order valence-electron chi connectivity index (χ0n) is 11.1. The van der Waals surface area contributed by atoms with Crippen LogP contribution >= 0.6 is 0 Å². The van der Waals surface area contributed by atoms with Crippen molar-refractivity contribution in [1.29, 1.82) is 0 Å². The van der Waals surface area contributed by atoms with E-state index < -0.39 is 11.4 Å². The molecule has 0 spiro atoms. The molecule has 2 amide bonds. The fraction of sp³-hybridized carbons (Fsp3) is 0.462. The summed E-state index contributed by atoms with van der Waals surface area (Å²) in [4.78, 5) is 26.2. The van der Waals surface area contributed by atoms with Crippen molar-refractivity contribution in [2.75, 3.05) is 13.1 Å². The van der Waals surface area contributed by atoms with Gasteiger partial charge in [0.2, 0.25) is 0 Å². The summed E-state index contributed by atoms with van der Waals surface area (Å²) < 4.78 is 0. The predicted molar refractivity (Wildman–Crippen MR) is 70.8 cm³/mol. The third-order valence-corrected chi connectivity index (χ3v) is 2.72. The van der Waals surface area contributed by atoms with Crippen LogP contribution in [0.4, 0.5) is 4.79 Å². The lowest BCUT2D eigenvalue weighted by molar-refractivity contribution is -0.146. The second kappa shape index (κ2) is 6.72. The van der Waals surface area contributed by atoms with Gasteiger partial charge in [0.25, 0.3) is 0 Å². The quantitative estimate of drug-likeness (QED) is 0.716. The maximum atomic E-state index is 11.5. The van der Waals surface area contributed by atoms with Crippen molar-refractivity contribution in [1.82, 2.24) is 15.6 Å². The van der Waals surface area contributed by atoms with E-state index in [1.54, 1.807) is 26.2 Å². The van der Waals surface area contributed by atoms with Crippen LogP contribution in [0.3, 0.4) is 0 Å². The second-order valence-electron chi connectivity index (χ2n) is 4.90. The smallest absolute Gasteiger partial charge is 0.314 e. The highest BCUT2D eigenvalue weighted by Crippen LogP contribution is 2.12. The molecule has 1 aromatic heterocycles. The number of hydrogen-bond donors (Lipinski definition) is 3. The van der Waals surface area contributed by atoms with E-state index >= 15 is 0 Å². The molecule has 19 heavy (non-hydrogen) atoms. The Labute approximate surface area is 112 Å². The number of carbonyl (C=O) groups is 2. The maximum absolute atomic E-state index is 11.5. The lowest BCUT2D eigenvalue weighted by Crippen LogP contribution is -2.43. The summed E-state index contributed by atoms with van der Waals surface area (Å²) in [5, 5.41) is 14.1. The zero-order chi connectivity index (χ0) is 14.3. The molecule has 6 nitrogen and oxygen atoms in total. The molecule has 1 aromatic rings. The first-order chi connectivity index (χ1) is 8.92. The van der Waals surface area contributed by atoms with Gasteiger partial charge in [-0.25, -0.2) is 4.79 Å². The molecule has 0 unspecified atom stereocenters. The number of nitrogens with one attached hydrogen (secondary N) is 2. The first kappa shape index (κ1) is 14.9. The minimum atomic E-state index is -0.970. The molecule has 0 aliphatic heterocycles. The van der Waals surface area contributed by atoms with E-state index in [-0.39, 0.29) is 12.6 Å². The van der Waals surface area contributed by atoms with E-state index in [1.807, 2.05) is 12.1 Å². The monoisotopic (exact) mass is 265 g/mol. The molecule has 0 aliphatic carbocycles. The number of pyridine rings is 1. The minimum Gasteiger partial charge on any atom is -0.481 e. The molecule has 0 atom stereocenters. The van der Waals surface area contributed by atoms with E-state index in [2.05, 4.69) is 15.6 Å². The molecule has 0 aliphatic rings. The first-order valence-corrected chi connectivity index (χ1v) is 6.06. The molecule has 1 heterocycles. The maximum Gasteiger partial charge on any atom is 0.314 e. The summed E-state index contributed by atoms with van der Waals surface area (Å²) in [6.45, 7) is 3.70. The van der Waals surface area contributed by atoms with Crippen molar-refractivity contribution < 1.29 is 14.7 Å². The third kappa shape index (κ3) is 5.37. The van der Waals surface area contributed by atoms with Crippen molar-refractivity contribution >= 4 is 12.0 Å². The van der Waals surface area contributed by atoms with Crippen LogP contribution in [0, 0.1) is 5.41 Å². The van der Waals surface area contributed by atoms with Crippen LogP contribution in [0.1, 0.15) is 19.4 Å². The number of carboxylic acids is 1. The fourth-order valence-electron chi connectivity index (χ4n) is 1.31. The molecule has 0 fully saturated rings. The number of amides is 2. The van der Waals surface area contributed by atoms with E-state index in [0.29, 0.717) is 13.0 Å². The van der Waals surface area contributed by atoms with Crippen LogP contribution in [-0.2, 0) is 11.2 Å². The van der Waals surface area contributed by atoms with Crippen LogP contribution < -0.4 is 10.6 Å². The van der Waals surface area contributed by atoms with Gasteiger partial charge in [0, 0.05) is 25.5 Å². The third-order valence-electron chi connectivity index (χ3n) is 2.72. The van der Waals surface area contributed by atoms with Gasteiger partial charge in [-0.3, -0.25) is 9.78 Å². The Hall–Kier alpha value is -2.11. The highest BCUT2D eigenvalue weighted by atomic mass is 16.4. The molecule has 0 saturated carbocycles. The highest BCUT2D eigenvalue weighted by Gasteiger charge is 2.27. The summed E-state index contributed by atoms with van der Waals surface area (Å²) in [5.74, 6) is -0.940. The molecular formula is C13H19N3O3. The predicted octanol–water partition coefficient (Wildman–Crippen LogP) is 1.03. The molecule has 0 bridgehead atoms. The number of aromatic nitrogens is 1. The minimum absolute atomic E-state index is 0.0867. The number of hydrogen-bond acceptors (Lipinski definition) is 3. The Balaban J connectivity index is 2.24. The summed E-state index contributed by atoms with van der Waals surface area (Å²) in [6, 6.07) is 3.41. The van der Waals surface area contributed by atoms with Crippen LogP contribution in [-0.4, -0.2) is 35.2 Å². The van der Waals surface area contributed by atoms with Gasteiger partial charge < -0.3 is 15.7 Å². The van der Waals surface area contributed by atoms with Crippen molar-refractivity contribution in [3.63, 3.8) is 0 Å². The molecule has 104 valence electrons. The number of carbonyl (C=O) groups excluding carboxylic acids is 1. The highest BCUT2D eigenvalue weighted by molar-refractivity contribution is 5.77. The fourth-order valence-corrected chi connectivity index (χ4v) is 1.31. The normalized spacial score (nSPS) is 10.8. The Bertz CT molecular complexity index is 432. The summed E-state index contributed by atoms with van der Waals surface area (Å²) >= 11 is 0. The summed E-state index contributed by atoms with van der Waals surface area (Å²) in [6.07, 6.45) is 4.10. The van der Waals surface area contributed by atoms with Crippen LogP contribution in [0.15, 0.2) is 24.5 Å². The van der Waals surface area contributed by atoms with Gasteiger partial charge in [-0.15, -0.1) is 0 Å². The Morgan fingerprint density at radius 1 is 1.26 bits per heavy atom. The average Bonchev–Trinajstić information content (AvgIpc) is 2.37. The van der Waals surface area contributed by atoms with Crippen LogP contribution in [0.2, 0.25) is 0 Å². The summed E-state index contributed by atoms with van der Waals surface area (Å²) in [5.41, 5.74) is 0.115. The Kier molecular flexibility index (Phi) is 5.29. The molecule has 3 N–H and O–H groups in total. The van der Waals surface area contributed by atoms with Crippen LogP contribution in [0.25, 0.3) is 0 Å². The Morgan fingerprint density at radius 3 is 2.47 bits per heavy atom. The Morgan fingerprint density at radius 2 is 1.89 bits per heavy atom. The second-order valence-corrected chi connectivity index (χ2v) is 4.90. The van der Waals surface area contributed by atoms with Gasteiger partial charge in [0.15, 0.2) is 0 Å². The van der Waals surface area contributed by atoms with Gasteiger partial charge in [-0.2, -0.15) is 0 Å². The molecule has 0 saturated heterocycles. The number of urea groups is 1. The molecule has 1 rings (SSSR count). The van der Waals surface area contributed by atoms with Crippen molar-refractivity contribution in [2.45, 2.75) is 20.3 Å². The standard InChI is InChI=1S/C13H19N3O3/c1-13(2,11(17)18)9-16-12(19)15-8-5-10-3-6-14-7-4-10/h3-4,6-7H,5,8-9H2,1-2H3,(H,17,18)(H2,15,16,19). The molecule has 0 radical (unpaired) electrons. The van der Waals surface area contributed by atoms with Gasteiger partial charge in [-0.05, 0) is 38.0 Å². The molecule has 6 heteroatoms. The van der Waals surface area contributed by atoms with Crippen LogP contribution in [0.5, 0.6) is 0 Å². The zero-order valence-corrected chi connectivity index (χ0v) is 11.1. The van der Waals surface area contributed by atoms with Crippen molar-refractivity contribution in [3.8, 4) is 0 Å². The number of aliphatic carboxylic acids is 1. The first-order valence-electron chi connectivity index (χ1n) is 6.06. The van der Waals surface area contributed by atoms with Crippen molar-refractivity contribution in [2.24, 2.45) is 5.41 Å². The largest absolute Gasteiger partial charge is 0.481 e. The lowest BCUT2D eigenvalue weighted by Gasteiger charge is -2.19. The summed E-state index contributed by atoms with van der Waals surface area (Å²) in [7, 11) is 0. The SMILES string of the molecule is CC(C)(CNC(=O)NCCc1ccncc1)C(=O)O. The van der Waals surface area contributed by atoms with E-state index in [0.717, 1.165) is 5.56 Å².